The predicted molar refractivity (Wildman–Crippen MR) is 170 cm³/mol. The maximum Gasteiger partial charge on any atom is 0.138 e. The second-order valence-corrected chi connectivity index (χ2v) is 11.3. The highest BCUT2D eigenvalue weighted by Crippen LogP contribution is 2.47. The van der Waals surface area contributed by atoms with Crippen molar-refractivity contribution in [1.82, 2.24) is 14.5 Å². The standard InChI is InChI=1S/C36H21N3S/c1-2-13-25-24(12-1)33-26-14-4-7-17-30(26)39(35(33)36-34(25)27-15-5-8-18-31(27)40-36)32-20-28(22-10-9-19-37-21-22)23-11-3-6-16-29(23)38-32/h1-21H. The van der Waals surface area contributed by atoms with Gasteiger partial charge in [0, 0.05) is 49.6 Å². The van der Waals surface area contributed by atoms with Crippen LogP contribution in [0.25, 0.3) is 80.6 Å². The monoisotopic (exact) mass is 527 g/mol. The summed E-state index contributed by atoms with van der Waals surface area (Å²) in [7, 11) is 0. The summed E-state index contributed by atoms with van der Waals surface area (Å²) in [6.07, 6.45) is 3.76. The van der Waals surface area contributed by atoms with Gasteiger partial charge in [-0.15, -0.1) is 11.3 Å². The van der Waals surface area contributed by atoms with E-state index in [1.807, 2.05) is 29.8 Å². The number of thiophene rings is 1. The molecule has 0 fully saturated rings. The highest BCUT2D eigenvalue weighted by atomic mass is 32.1. The fraction of sp³-hybridized carbons (Fsp3) is 0. The maximum absolute atomic E-state index is 5.29. The Kier molecular flexibility index (Phi) is 4.48. The molecule has 0 atom stereocenters. The molecule has 4 heteroatoms. The van der Waals surface area contributed by atoms with Gasteiger partial charge in [-0.3, -0.25) is 9.55 Å². The Morgan fingerprint density at radius 3 is 2.12 bits per heavy atom. The van der Waals surface area contributed by atoms with Gasteiger partial charge < -0.3 is 0 Å². The summed E-state index contributed by atoms with van der Waals surface area (Å²) >= 11 is 1.88. The molecular weight excluding hydrogens is 506 g/mol. The normalized spacial score (nSPS) is 12.0. The summed E-state index contributed by atoms with van der Waals surface area (Å²) in [4.78, 5) is 9.73. The first-order valence-electron chi connectivity index (χ1n) is 13.4. The molecule has 5 aromatic carbocycles. The quantitative estimate of drug-likeness (QED) is 0.224. The van der Waals surface area contributed by atoms with Crippen LogP contribution in [-0.4, -0.2) is 14.5 Å². The van der Waals surface area contributed by atoms with Crippen molar-refractivity contribution in [2.75, 3.05) is 0 Å². The van der Waals surface area contributed by atoms with E-state index in [9.17, 15) is 0 Å². The zero-order valence-electron chi connectivity index (χ0n) is 21.4. The minimum atomic E-state index is 0.915. The lowest BCUT2D eigenvalue weighted by Crippen LogP contribution is -1.99. The van der Waals surface area contributed by atoms with Crippen LogP contribution in [0.3, 0.4) is 0 Å². The molecule has 0 aliphatic rings. The number of hydrogen-bond donors (Lipinski definition) is 0. The Morgan fingerprint density at radius 1 is 0.600 bits per heavy atom. The molecule has 9 rings (SSSR count). The minimum Gasteiger partial charge on any atom is -0.292 e. The van der Waals surface area contributed by atoms with Crippen molar-refractivity contribution < 1.29 is 0 Å². The molecule has 0 aliphatic heterocycles. The number of benzene rings is 5. The lowest BCUT2D eigenvalue weighted by Gasteiger charge is -2.13. The molecule has 9 aromatic rings. The van der Waals surface area contributed by atoms with Gasteiger partial charge in [-0.2, -0.15) is 0 Å². The Bertz CT molecular complexity index is 2430. The maximum atomic E-state index is 5.29. The first kappa shape index (κ1) is 21.8. The van der Waals surface area contributed by atoms with Crippen molar-refractivity contribution in [2.24, 2.45) is 0 Å². The Labute approximate surface area is 233 Å². The number of pyridine rings is 2. The van der Waals surface area contributed by atoms with E-state index in [4.69, 9.17) is 4.98 Å². The van der Waals surface area contributed by atoms with Gasteiger partial charge in [0.25, 0.3) is 0 Å². The molecular formula is C36H21N3S. The number of fused-ring (bicyclic) bond motifs is 11. The highest BCUT2D eigenvalue weighted by molar-refractivity contribution is 7.27. The number of aromatic nitrogens is 3. The smallest absolute Gasteiger partial charge is 0.138 e. The molecule has 0 saturated heterocycles. The summed E-state index contributed by atoms with van der Waals surface area (Å²) in [5.74, 6) is 0.915. The molecule has 4 aromatic heterocycles. The summed E-state index contributed by atoms with van der Waals surface area (Å²) in [5.41, 5.74) is 5.57. The number of rotatable bonds is 2. The molecule has 0 radical (unpaired) electrons. The highest BCUT2D eigenvalue weighted by Gasteiger charge is 2.22. The Balaban J connectivity index is 1.54. The lowest BCUT2D eigenvalue weighted by atomic mass is 9.99. The largest absolute Gasteiger partial charge is 0.292 e. The average Bonchev–Trinajstić information content (AvgIpc) is 3.58. The van der Waals surface area contributed by atoms with Gasteiger partial charge in [-0.25, -0.2) is 4.98 Å². The van der Waals surface area contributed by atoms with Crippen LogP contribution in [0.2, 0.25) is 0 Å². The molecule has 0 saturated carbocycles. The molecule has 4 heterocycles. The Hall–Kier alpha value is -5.06. The van der Waals surface area contributed by atoms with Crippen LogP contribution in [0.4, 0.5) is 0 Å². The SMILES string of the molecule is c1cncc(-c2cc(-n3c4ccccc4c4c5ccccc5c5c6ccccc6sc5c43)nc3ccccc23)c1. The molecule has 0 unspecified atom stereocenters. The van der Waals surface area contributed by atoms with Gasteiger partial charge in [0.05, 0.1) is 21.3 Å². The Morgan fingerprint density at radius 2 is 1.30 bits per heavy atom. The first-order chi connectivity index (χ1) is 19.9. The molecule has 0 N–H and O–H groups in total. The second-order valence-electron chi connectivity index (χ2n) is 10.2. The molecule has 0 spiro atoms. The van der Waals surface area contributed by atoms with Gasteiger partial charge in [-0.1, -0.05) is 84.9 Å². The third-order valence-electron chi connectivity index (χ3n) is 8.06. The number of para-hydroxylation sites is 2. The topological polar surface area (TPSA) is 30.7 Å². The van der Waals surface area contributed by atoms with E-state index >= 15 is 0 Å². The van der Waals surface area contributed by atoms with Crippen molar-refractivity contribution in [3.8, 4) is 16.9 Å². The van der Waals surface area contributed by atoms with E-state index in [-0.39, 0.29) is 0 Å². The lowest BCUT2D eigenvalue weighted by molar-refractivity contribution is 1.11. The van der Waals surface area contributed by atoms with Gasteiger partial charge in [0.2, 0.25) is 0 Å². The van der Waals surface area contributed by atoms with Crippen LogP contribution in [0.1, 0.15) is 0 Å². The molecule has 0 amide bonds. The molecule has 3 nitrogen and oxygen atoms in total. The van der Waals surface area contributed by atoms with Crippen molar-refractivity contribution in [3.63, 3.8) is 0 Å². The van der Waals surface area contributed by atoms with Crippen LogP contribution in [0.5, 0.6) is 0 Å². The van der Waals surface area contributed by atoms with E-state index in [1.54, 1.807) is 0 Å². The predicted octanol–water partition coefficient (Wildman–Crippen LogP) is 9.91. The molecule has 186 valence electrons. The van der Waals surface area contributed by atoms with Crippen molar-refractivity contribution in [1.29, 1.82) is 0 Å². The van der Waals surface area contributed by atoms with Crippen LogP contribution < -0.4 is 0 Å². The second kappa shape index (κ2) is 8.22. The fourth-order valence-corrected chi connectivity index (χ4v) is 7.66. The van der Waals surface area contributed by atoms with Crippen LogP contribution in [0, 0.1) is 0 Å². The number of hydrogen-bond acceptors (Lipinski definition) is 3. The van der Waals surface area contributed by atoms with Crippen molar-refractivity contribution >= 4 is 75.0 Å². The van der Waals surface area contributed by atoms with Gasteiger partial charge >= 0.3 is 0 Å². The van der Waals surface area contributed by atoms with Crippen LogP contribution in [-0.2, 0) is 0 Å². The minimum absolute atomic E-state index is 0.915. The third kappa shape index (κ3) is 2.94. The zero-order chi connectivity index (χ0) is 26.2. The number of nitrogens with zero attached hydrogens (tertiary/aromatic N) is 3. The first-order valence-corrected chi connectivity index (χ1v) is 14.2. The van der Waals surface area contributed by atoms with Gasteiger partial charge in [0.15, 0.2) is 0 Å². The molecule has 40 heavy (non-hydrogen) atoms. The van der Waals surface area contributed by atoms with Gasteiger partial charge in [-0.05, 0) is 46.7 Å². The summed E-state index contributed by atoms with van der Waals surface area (Å²) in [5, 5.41) is 8.84. The summed E-state index contributed by atoms with van der Waals surface area (Å²) in [6, 6.07) is 41.2. The van der Waals surface area contributed by atoms with Crippen LogP contribution in [0.15, 0.2) is 128 Å². The van der Waals surface area contributed by atoms with Crippen molar-refractivity contribution in [3.05, 3.63) is 128 Å². The van der Waals surface area contributed by atoms with E-state index < -0.39 is 0 Å². The molecule has 0 bridgehead atoms. The van der Waals surface area contributed by atoms with E-state index in [2.05, 4.69) is 119 Å². The van der Waals surface area contributed by atoms with E-state index in [0.717, 1.165) is 33.4 Å². The average molecular weight is 528 g/mol. The van der Waals surface area contributed by atoms with Crippen LogP contribution >= 0.6 is 11.3 Å². The fourth-order valence-electron chi connectivity index (χ4n) is 6.40. The van der Waals surface area contributed by atoms with Crippen molar-refractivity contribution in [2.45, 2.75) is 0 Å². The van der Waals surface area contributed by atoms with E-state index in [1.165, 1.54) is 47.2 Å². The van der Waals surface area contributed by atoms with Gasteiger partial charge in [0.1, 0.15) is 5.82 Å². The molecule has 0 aliphatic carbocycles. The third-order valence-corrected chi connectivity index (χ3v) is 9.23. The van der Waals surface area contributed by atoms with E-state index in [0.29, 0.717) is 0 Å². The summed E-state index contributed by atoms with van der Waals surface area (Å²) in [6.45, 7) is 0. The zero-order valence-corrected chi connectivity index (χ0v) is 22.2. The summed E-state index contributed by atoms with van der Waals surface area (Å²) < 4.78 is 4.99.